The fourth-order valence-corrected chi connectivity index (χ4v) is 2.65. The summed E-state index contributed by atoms with van der Waals surface area (Å²) in [4.78, 5) is 4.14. The lowest BCUT2D eigenvalue weighted by atomic mass is 10.00. The second kappa shape index (κ2) is 3.74. The average molecular weight is 213 g/mol. The number of nitrogen functional groups attached to an aromatic ring is 1. The standard InChI is InChI=1S/C9H15N3OS/c10-7-5-11-8(14-7)12-9(6-13)3-1-2-4-9/h5,13H,1-4,6,10H2,(H,11,12). The second-order valence-corrected chi connectivity index (χ2v) is 4.90. The minimum Gasteiger partial charge on any atom is -0.394 e. The number of aliphatic hydroxyl groups excluding tert-OH is 1. The van der Waals surface area contributed by atoms with Gasteiger partial charge in [0.25, 0.3) is 0 Å². The predicted octanol–water partition coefficient (Wildman–Crippen LogP) is 1.44. The highest BCUT2D eigenvalue weighted by atomic mass is 32.1. The van der Waals surface area contributed by atoms with Crippen LogP contribution in [0.3, 0.4) is 0 Å². The summed E-state index contributed by atoms with van der Waals surface area (Å²) >= 11 is 1.43. The number of nitrogens with two attached hydrogens (primary N) is 1. The van der Waals surface area contributed by atoms with Crippen LogP contribution in [0.15, 0.2) is 6.20 Å². The summed E-state index contributed by atoms with van der Waals surface area (Å²) in [6, 6.07) is 0. The minimum absolute atomic E-state index is 0.149. The molecule has 0 amide bonds. The highest BCUT2D eigenvalue weighted by molar-refractivity contribution is 7.19. The van der Waals surface area contributed by atoms with Gasteiger partial charge in [0.05, 0.1) is 18.3 Å². The normalized spacial score (nSPS) is 19.8. The molecule has 1 aromatic heterocycles. The van der Waals surface area contributed by atoms with Gasteiger partial charge in [0.2, 0.25) is 0 Å². The quantitative estimate of drug-likeness (QED) is 0.710. The Morgan fingerprint density at radius 1 is 1.57 bits per heavy atom. The number of aliphatic hydroxyl groups is 1. The average Bonchev–Trinajstić information content (AvgIpc) is 2.77. The molecule has 0 bridgehead atoms. The van der Waals surface area contributed by atoms with Gasteiger partial charge in [-0.1, -0.05) is 24.2 Å². The maximum atomic E-state index is 9.37. The van der Waals surface area contributed by atoms with Crippen LogP contribution < -0.4 is 11.1 Å². The van der Waals surface area contributed by atoms with E-state index in [1.54, 1.807) is 6.20 Å². The molecule has 0 unspecified atom stereocenters. The zero-order chi connectivity index (χ0) is 10.0. The molecule has 5 heteroatoms. The molecule has 1 saturated carbocycles. The first kappa shape index (κ1) is 9.73. The predicted molar refractivity (Wildman–Crippen MR) is 58.4 cm³/mol. The van der Waals surface area contributed by atoms with E-state index in [2.05, 4.69) is 10.3 Å². The Hall–Kier alpha value is -0.810. The minimum atomic E-state index is -0.149. The van der Waals surface area contributed by atoms with E-state index in [4.69, 9.17) is 5.73 Å². The topological polar surface area (TPSA) is 71.2 Å². The summed E-state index contributed by atoms with van der Waals surface area (Å²) in [5, 5.41) is 14.2. The number of nitrogens with zero attached hydrogens (tertiary/aromatic N) is 1. The molecule has 0 spiro atoms. The van der Waals surface area contributed by atoms with E-state index in [0.717, 1.165) is 18.0 Å². The molecule has 2 rings (SSSR count). The largest absolute Gasteiger partial charge is 0.394 e. The Morgan fingerprint density at radius 3 is 2.79 bits per heavy atom. The molecule has 0 radical (unpaired) electrons. The van der Waals surface area contributed by atoms with Gasteiger partial charge >= 0.3 is 0 Å². The van der Waals surface area contributed by atoms with Gasteiger partial charge in [-0.25, -0.2) is 4.98 Å². The summed E-state index contributed by atoms with van der Waals surface area (Å²) in [7, 11) is 0. The van der Waals surface area contributed by atoms with Crippen molar-refractivity contribution < 1.29 is 5.11 Å². The van der Waals surface area contributed by atoms with Crippen LogP contribution in [0.2, 0.25) is 0 Å². The lowest BCUT2D eigenvalue weighted by molar-refractivity contribution is 0.214. The molecule has 0 atom stereocenters. The highest BCUT2D eigenvalue weighted by Gasteiger charge is 2.33. The van der Waals surface area contributed by atoms with Crippen molar-refractivity contribution in [2.24, 2.45) is 0 Å². The first-order valence-corrected chi connectivity index (χ1v) is 5.66. The molecule has 4 nitrogen and oxygen atoms in total. The fraction of sp³-hybridized carbons (Fsp3) is 0.667. The van der Waals surface area contributed by atoms with Crippen LogP contribution in [0.1, 0.15) is 25.7 Å². The van der Waals surface area contributed by atoms with Crippen LogP contribution in [0.4, 0.5) is 10.1 Å². The smallest absolute Gasteiger partial charge is 0.185 e. The molecule has 0 saturated heterocycles. The molecule has 1 aliphatic rings. The molecule has 0 aliphatic heterocycles. The van der Waals surface area contributed by atoms with E-state index in [0.29, 0.717) is 5.00 Å². The zero-order valence-corrected chi connectivity index (χ0v) is 8.81. The lowest BCUT2D eigenvalue weighted by Gasteiger charge is -2.27. The molecular formula is C9H15N3OS. The number of hydrogen-bond donors (Lipinski definition) is 3. The molecule has 4 N–H and O–H groups in total. The lowest BCUT2D eigenvalue weighted by Crippen LogP contribution is -2.38. The van der Waals surface area contributed by atoms with Crippen molar-refractivity contribution in [2.45, 2.75) is 31.2 Å². The number of aromatic nitrogens is 1. The first-order valence-electron chi connectivity index (χ1n) is 4.84. The third-order valence-corrected chi connectivity index (χ3v) is 3.50. The SMILES string of the molecule is Nc1cnc(NC2(CO)CCCC2)s1. The fourth-order valence-electron chi connectivity index (χ4n) is 1.95. The monoisotopic (exact) mass is 213 g/mol. The molecule has 14 heavy (non-hydrogen) atoms. The van der Waals surface area contributed by atoms with Gasteiger partial charge in [0, 0.05) is 0 Å². The Kier molecular flexibility index (Phi) is 2.60. The Bertz CT molecular complexity index is 307. The van der Waals surface area contributed by atoms with Gasteiger partial charge in [-0.2, -0.15) is 0 Å². The van der Waals surface area contributed by atoms with Crippen LogP contribution in [0.25, 0.3) is 0 Å². The van der Waals surface area contributed by atoms with Crippen LogP contribution in [0, 0.1) is 0 Å². The highest BCUT2D eigenvalue weighted by Crippen LogP contribution is 2.34. The number of hydrogen-bond acceptors (Lipinski definition) is 5. The molecule has 0 aromatic carbocycles. The zero-order valence-electron chi connectivity index (χ0n) is 7.99. The van der Waals surface area contributed by atoms with Crippen molar-refractivity contribution in [3.8, 4) is 0 Å². The molecule has 1 aliphatic carbocycles. The van der Waals surface area contributed by atoms with Crippen molar-refractivity contribution in [3.63, 3.8) is 0 Å². The summed E-state index contributed by atoms with van der Waals surface area (Å²) in [5.41, 5.74) is 5.44. The van der Waals surface area contributed by atoms with Gasteiger partial charge in [0.15, 0.2) is 5.13 Å². The first-order chi connectivity index (χ1) is 6.74. The van der Waals surface area contributed by atoms with E-state index in [-0.39, 0.29) is 12.1 Å². The Balaban J connectivity index is 2.08. The molecule has 1 fully saturated rings. The molecular weight excluding hydrogens is 198 g/mol. The second-order valence-electron chi connectivity index (χ2n) is 3.84. The van der Waals surface area contributed by atoms with Crippen molar-refractivity contribution in [1.29, 1.82) is 0 Å². The molecule has 78 valence electrons. The summed E-state index contributed by atoms with van der Waals surface area (Å²) in [6.45, 7) is 0.173. The Morgan fingerprint density at radius 2 is 2.29 bits per heavy atom. The van der Waals surface area contributed by atoms with E-state index >= 15 is 0 Å². The van der Waals surface area contributed by atoms with Crippen molar-refractivity contribution in [2.75, 3.05) is 17.7 Å². The van der Waals surface area contributed by atoms with Crippen LogP contribution in [-0.2, 0) is 0 Å². The third kappa shape index (κ3) is 1.83. The van der Waals surface area contributed by atoms with Crippen LogP contribution in [0.5, 0.6) is 0 Å². The van der Waals surface area contributed by atoms with Gasteiger partial charge < -0.3 is 16.2 Å². The van der Waals surface area contributed by atoms with Gasteiger partial charge in [0.1, 0.15) is 5.00 Å². The maximum absolute atomic E-state index is 9.37. The summed E-state index contributed by atoms with van der Waals surface area (Å²) in [6.07, 6.45) is 6.03. The van der Waals surface area contributed by atoms with E-state index in [1.165, 1.54) is 24.2 Å². The summed E-state index contributed by atoms with van der Waals surface area (Å²) < 4.78 is 0. The van der Waals surface area contributed by atoms with E-state index in [9.17, 15) is 5.11 Å². The number of thiazole rings is 1. The van der Waals surface area contributed by atoms with Crippen LogP contribution >= 0.6 is 11.3 Å². The van der Waals surface area contributed by atoms with Crippen molar-refractivity contribution in [1.82, 2.24) is 4.98 Å². The molecule has 1 aromatic rings. The van der Waals surface area contributed by atoms with Gasteiger partial charge in [-0.05, 0) is 12.8 Å². The van der Waals surface area contributed by atoms with E-state index in [1.807, 2.05) is 0 Å². The number of nitrogens with one attached hydrogen (secondary N) is 1. The maximum Gasteiger partial charge on any atom is 0.185 e. The third-order valence-electron chi connectivity index (χ3n) is 2.76. The van der Waals surface area contributed by atoms with Crippen molar-refractivity contribution >= 4 is 21.5 Å². The van der Waals surface area contributed by atoms with Crippen molar-refractivity contribution in [3.05, 3.63) is 6.20 Å². The Labute approximate surface area is 87.2 Å². The number of anilines is 2. The van der Waals surface area contributed by atoms with Gasteiger partial charge in [-0.15, -0.1) is 0 Å². The van der Waals surface area contributed by atoms with Gasteiger partial charge in [-0.3, -0.25) is 0 Å². The number of rotatable bonds is 3. The van der Waals surface area contributed by atoms with Crippen LogP contribution in [-0.4, -0.2) is 22.2 Å². The van der Waals surface area contributed by atoms with E-state index < -0.39 is 0 Å². The summed E-state index contributed by atoms with van der Waals surface area (Å²) in [5.74, 6) is 0. The molecule has 1 heterocycles.